The molecule has 0 amide bonds. The molecule has 216 valence electrons. The van der Waals surface area contributed by atoms with Crippen LogP contribution in [0.1, 0.15) is 59.7 Å². The van der Waals surface area contributed by atoms with Crippen LogP contribution < -0.4 is 10.5 Å². The van der Waals surface area contributed by atoms with E-state index < -0.39 is 17.4 Å². The monoisotopic (exact) mass is 635 g/mol. The normalized spacial score (nSPS) is 18.9. The Morgan fingerprint density at radius 1 is 1.10 bits per heavy atom. The van der Waals surface area contributed by atoms with Crippen molar-refractivity contribution in [2.75, 3.05) is 13.7 Å². The predicted octanol–water partition coefficient (Wildman–Crippen LogP) is 8.11. The van der Waals surface area contributed by atoms with Gasteiger partial charge in [-0.2, -0.15) is 0 Å². The second-order valence-electron chi connectivity index (χ2n) is 10.3. The van der Waals surface area contributed by atoms with Crippen molar-refractivity contribution in [3.8, 4) is 5.75 Å². The quantitative estimate of drug-likeness (QED) is 0.140. The Balaban J connectivity index is 1.52. The maximum absolute atomic E-state index is 14.1. The zero-order chi connectivity index (χ0) is 30.1. The van der Waals surface area contributed by atoms with Gasteiger partial charge in [0.15, 0.2) is 0 Å². The van der Waals surface area contributed by atoms with Crippen molar-refractivity contribution in [1.29, 1.82) is 0 Å². The van der Waals surface area contributed by atoms with E-state index in [1.165, 1.54) is 13.2 Å². The van der Waals surface area contributed by atoms with E-state index in [0.717, 1.165) is 6.07 Å². The van der Waals surface area contributed by atoms with E-state index in [9.17, 15) is 14.3 Å². The van der Waals surface area contributed by atoms with Crippen LogP contribution >= 0.6 is 47.0 Å². The van der Waals surface area contributed by atoms with E-state index >= 15 is 0 Å². The second-order valence-corrected chi connectivity index (χ2v) is 12.0. The molecular formula is C31H29Cl3FNO4S. The summed E-state index contributed by atoms with van der Waals surface area (Å²) in [6.45, 7) is 3.97. The zero-order valence-corrected chi connectivity index (χ0v) is 25.7. The molecule has 0 bridgehead atoms. The van der Waals surface area contributed by atoms with Gasteiger partial charge in [0.1, 0.15) is 18.2 Å². The molecule has 5 nitrogen and oxygen atoms in total. The van der Waals surface area contributed by atoms with Crippen molar-refractivity contribution in [3.63, 3.8) is 0 Å². The molecule has 0 aromatic heterocycles. The average molecular weight is 637 g/mol. The van der Waals surface area contributed by atoms with Crippen molar-refractivity contribution >= 4 is 63.6 Å². The van der Waals surface area contributed by atoms with Crippen molar-refractivity contribution in [2.45, 2.75) is 38.2 Å². The summed E-state index contributed by atoms with van der Waals surface area (Å²) in [7, 11) is 1.24. The third-order valence-corrected chi connectivity index (χ3v) is 8.85. The highest BCUT2D eigenvalue weighted by Crippen LogP contribution is 2.53. The first-order valence-electron chi connectivity index (χ1n) is 12.9. The first kappa shape index (κ1) is 31.3. The Morgan fingerprint density at radius 3 is 2.34 bits per heavy atom. The van der Waals surface area contributed by atoms with E-state index in [2.05, 4.69) is 0 Å². The predicted molar refractivity (Wildman–Crippen MR) is 166 cm³/mol. The molecule has 1 aliphatic carbocycles. The summed E-state index contributed by atoms with van der Waals surface area (Å²) < 4.78 is 24.9. The maximum Gasteiger partial charge on any atom is 0.337 e. The van der Waals surface area contributed by atoms with Crippen LogP contribution in [0.5, 0.6) is 5.75 Å². The van der Waals surface area contributed by atoms with Crippen LogP contribution in [0.4, 0.5) is 4.39 Å². The molecule has 1 aliphatic rings. The van der Waals surface area contributed by atoms with Crippen LogP contribution in [0.15, 0.2) is 60.2 Å². The molecule has 0 atom stereocenters. The highest BCUT2D eigenvalue weighted by atomic mass is 35.5. The molecule has 41 heavy (non-hydrogen) atoms. The summed E-state index contributed by atoms with van der Waals surface area (Å²) in [6.07, 6.45) is 0.614. The van der Waals surface area contributed by atoms with Crippen LogP contribution in [0.3, 0.4) is 0 Å². The Hall–Kier alpha value is -2.68. The first-order chi connectivity index (χ1) is 19.3. The minimum absolute atomic E-state index is 0.0111. The molecule has 0 heterocycles. The van der Waals surface area contributed by atoms with E-state index in [1.807, 2.05) is 13.8 Å². The van der Waals surface area contributed by atoms with Gasteiger partial charge in [0.05, 0.1) is 33.3 Å². The molecule has 3 aromatic carbocycles. The summed E-state index contributed by atoms with van der Waals surface area (Å²) in [5.41, 5.74) is 7.99. The van der Waals surface area contributed by atoms with Gasteiger partial charge in [0, 0.05) is 27.3 Å². The Labute approximate surface area is 259 Å². The number of halogens is 4. The highest BCUT2D eigenvalue weighted by molar-refractivity contribution is 7.80. The molecule has 10 heteroatoms. The number of thiocarbonyl (C=S) groups is 1. The molecule has 3 N–H and O–H groups in total. The summed E-state index contributed by atoms with van der Waals surface area (Å²) in [4.78, 5) is 12.5. The van der Waals surface area contributed by atoms with Crippen molar-refractivity contribution < 1.29 is 23.8 Å². The van der Waals surface area contributed by atoms with Gasteiger partial charge in [-0.15, -0.1) is 0 Å². The smallest absolute Gasteiger partial charge is 0.337 e. The molecule has 0 saturated heterocycles. The fourth-order valence-corrected chi connectivity index (χ4v) is 6.07. The van der Waals surface area contributed by atoms with E-state index in [0.29, 0.717) is 66.5 Å². The summed E-state index contributed by atoms with van der Waals surface area (Å²) in [6, 6.07) is 14.2. The van der Waals surface area contributed by atoms with Crippen LogP contribution in [-0.4, -0.2) is 29.7 Å². The van der Waals surface area contributed by atoms with Crippen LogP contribution in [0.25, 0.3) is 5.70 Å². The second kappa shape index (κ2) is 12.7. The first-order valence-corrected chi connectivity index (χ1v) is 14.4. The number of nitrogens with two attached hydrogens (primary N) is 1. The highest BCUT2D eigenvalue weighted by Gasteiger charge is 2.46. The fraction of sp³-hybridized carbons (Fsp3) is 0.290. The number of hydrogen-bond donors (Lipinski definition) is 2. The van der Waals surface area contributed by atoms with Gasteiger partial charge in [0.2, 0.25) is 0 Å². The third kappa shape index (κ3) is 6.71. The van der Waals surface area contributed by atoms with Gasteiger partial charge in [-0.1, -0.05) is 73.0 Å². The summed E-state index contributed by atoms with van der Waals surface area (Å²) >= 11 is 25.1. The lowest BCUT2D eigenvalue weighted by atomic mass is 9.65. The van der Waals surface area contributed by atoms with Crippen LogP contribution in [0.2, 0.25) is 15.1 Å². The SMILES string of the molecule is COC(=O)c1cc(F)cc(C2CC(O)(c3ccc(OCC(C(=S)C(C)C)=C(N)c4c(Cl)cccc4Cl)cc3Cl)C2)c1. The number of carbonyl (C=O) groups excluding carboxylic acids is 1. The molecule has 3 aromatic rings. The van der Waals surface area contributed by atoms with Crippen molar-refractivity contribution in [1.82, 2.24) is 0 Å². The molecule has 0 spiro atoms. The summed E-state index contributed by atoms with van der Waals surface area (Å²) in [5.74, 6) is -0.857. The fourth-order valence-electron chi connectivity index (χ4n) is 4.95. The van der Waals surface area contributed by atoms with Crippen molar-refractivity contribution in [3.05, 3.63) is 103 Å². The van der Waals surface area contributed by atoms with Gasteiger partial charge in [-0.25, -0.2) is 9.18 Å². The van der Waals surface area contributed by atoms with Gasteiger partial charge < -0.3 is 20.3 Å². The molecule has 1 saturated carbocycles. The number of ether oxygens (including phenoxy) is 2. The van der Waals surface area contributed by atoms with Gasteiger partial charge >= 0.3 is 5.97 Å². The molecule has 0 aliphatic heterocycles. The minimum atomic E-state index is -1.21. The number of aliphatic hydroxyl groups is 1. The number of benzene rings is 3. The largest absolute Gasteiger partial charge is 0.489 e. The number of esters is 1. The molecule has 1 fully saturated rings. The van der Waals surface area contributed by atoms with Crippen LogP contribution in [-0.2, 0) is 10.3 Å². The number of methoxy groups -OCH3 is 1. The van der Waals surface area contributed by atoms with Gasteiger partial charge in [-0.3, -0.25) is 0 Å². The Kier molecular flexibility index (Phi) is 9.66. The number of rotatable bonds is 9. The molecule has 0 unspecified atom stereocenters. The zero-order valence-electron chi connectivity index (χ0n) is 22.6. The Morgan fingerprint density at radius 2 is 1.76 bits per heavy atom. The lowest BCUT2D eigenvalue weighted by Crippen LogP contribution is -2.40. The number of hydrogen-bond acceptors (Lipinski definition) is 6. The standard InChI is InChI=1S/C31H29Cl3FNO4S/c1-16(2)29(41)22(28(36)27-24(32)5-4-6-25(27)33)15-40-21-7-8-23(26(34)12-21)31(38)13-19(14-31)17-9-18(30(37)39-3)11-20(35)10-17/h4-12,16,19,38H,13-15,36H2,1-3H3. The summed E-state index contributed by atoms with van der Waals surface area (Å²) in [5, 5.41) is 12.4. The van der Waals surface area contributed by atoms with Crippen LogP contribution in [0, 0.1) is 11.7 Å². The number of carbonyl (C=O) groups is 1. The lowest BCUT2D eigenvalue weighted by molar-refractivity contribution is -0.0549. The molecular weight excluding hydrogens is 608 g/mol. The Bertz CT molecular complexity index is 1520. The van der Waals surface area contributed by atoms with E-state index in [-0.39, 0.29) is 24.0 Å². The third-order valence-electron chi connectivity index (χ3n) is 7.18. The van der Waals surface area contributed by atoms with Gasteiger partial charge in [-0.05, 0) is 72.7 Å². The van der Waals surface area contributed by atoms with Crippen molar-refractivity contribution in [2.24, 2.45) is 11.7 Å². The molecule has 0 radical (unpaired) electrons. The topological polar surface area (TPSA) is 81.8 Å². The van der Waals surface area contributed by atoms with E-state index in [4.69, 9.17) is 62.2 Å². The minimum Gasteiger partial charge on any atom is -0.489 e. The maximum atomic E-state index is 14.1. The van der Waals surface area contributed by atoms with E-state index in [1.54, 1.807) is 42.5 Å². The van der Waals surface area contributed by atoms with Gasteiger partial charge in [0.25, 0.3) is 0 Å². The average Bonchev–Trinajstić information content (AvgIpc) is 2.90. The molecule has 4 rings (SSSR count). The lowest BCUT2D eigenvalue weighted by Gasteiger charge is -2.44.